The number of aryl methyl sites for hydroxylation is 3. The quantitative estimate of drug-likeness (QED) is 0.275. The van der Waals surface area contributed by atoms with Crippen molar-refractivity contribution in [3.63, 3.8) is 0 Å². The normalized spacial score (nSPS) is 17.7. The summed E-state index contributed by atoms with van der Waals surface area (Å²) < 4.78 is 59.1. The molecular formula is C31H36N4O6S2. The molecule has 228 valence electrons. The van der Waals surface area contributed by atoms with E-state index in [1.54, 1.807) is 24.3 Å². The molecule has 0 spiro atoms. The molecule has 2 saturated heterocycles. The number of nitrogens with one attached hydrogen (secondary N) is 1. The Bertz CT molecular complexity index is 1650. The Morgan fingerprint density at radius 3 is 1.58 bits per heavy atom. The third kappa shape index (κ3) is 8.91. The predicted molar refractivity (Wildman–Crippen MR) is 166 cm³/mol. The van der Waals surface area contributed by atoms with E-state index in [2.05, 4.69) is 45.5 Å². The third-order valence-corrected chi connectivity index (χ3v) is 9.11. The van der Waals surface area contributed by atoms with Gasteiger partial charge in [-0.3, -0.25) is 9.11 Å². The third-order valence-electron chi connectivity index (χ3n) is 7.37. The Balaban J connectivity index is 0.000000164. The average molecular weight is 625 g/mol. The van der Waals surface area contributed by atoms with Gasteiger partial charge in [0.2, 0.25) is 0 Å². The summed E-state index contributed by atoms with van der Waals surface area (Å²) in [6.07, 6.45) is 0. The minimum Gasteiger partial charge on any atom is -0.354 e. The zero-order valence-electron chi connectivity index (χ0n) is 24.3. The number of nitrogens with zero attached hydrogens (tertiary/aromatic N) is 3. The highest BCUT2D eigenvalue weighted by molar-refractivity contribution is 7.86. The standard InChI is InChI=1S/C17H20N4.2C7H8O3S/c1-12-7-16(21-10-14-8-18-9-15(14)11-21)19-20-17(12)13-5-3-2-4-6-13;2*1-6-2-4-7(5-3-6)11(8,9)10/h2-7,14-15,18H,8-11H2,1H3;2*2-5H,1H3,(H,8,9,10). The highest BCUT2D eigenvalue weighted by Crippen LogP contribution is 2.31. The summed E-state index contributed by atoms with van der Waals surface area (Å²) >= 11 is 0. The van der Waals surface area contributed by atoms with Crippen LogP contribution in [0.1, 0.15) is 16.7 Å². The number of aromatic nitrogens is 2. The van der Waals surface area contributed by atoms with E-state index in [1.807, 2.05) is 32.0 Å². The van der Waals surface area contributed by atoms with Gasteiger partial charge in [-0.05, 0) is 68.5 Å². The molecule has 2 fully saturated rings. The molecule has 1 aromatic heterocycles. The maximum atomic E-state index is 10.5. The van der Waals surface area contributed by atoms with Crippen LogP contribution in [0.4, 0.5) is 5.82 Å². The molecule has 0 aliphatic carbocycles. The Kier molecular flexibility index (Phi) is 10.3. The van der Waals surface area contributed by atoms with Crippen LogP contribution in [-0.4, -0.2) is 62.3 Å². The van der Waals surface area contributed by atoms with Crippen LogP contribution in [0, 0.1) is 32.6 Å². The SMILES string of the molecule is Cc1cc(N2CC3CNCC3C2)nnc1-c1ccccc1.Cc1ccc(S(=O)(=O)O)cc1.Cc1ccc(S(=O)(=O)O)cc1. The molecule has 2 atom stereocenters. The lowest BCUT2D eigenvalue weighted by Crippen LogP contribution is -2.26. The van der Waals surface area contributed by atoms with Gasteiger partial charge in [0.25, 0.3) is 20.2 Å². The van der Waals surface area contributed by atoms with Crippen molar-refractivity contribution >= 4 is 26.1 Å². The van der Waals surface area contributed by atoms with E-state index in [9.17, 15) is 16.8 Å². The second kappa shape index (κ2) is 13.7. The Morgan fingerprint density at radius 1 is 0.698 bits per heavy atom. The van der Waals surface area contributed by atoms with Crippen molar-refractivity contribution in [2.45, 2.75) is 30.6 Å². The lowest BCUT2D eigenvalue weighted by Gasteiger charge is -2.19. The Morgan fingerprint density at radius 2 is 1.16 bits per heavy atom. The molecule has 0 saturated carbocycles. The largest absolute Gasteiger partial charge is 0.354 e. The molecule has 43 heavy (non-hydrogen) atoms. The van der Waals surface area contributed by atoms with Crippen LogP contribution in [0.15, 0.2) is 94.7 Å². The van der Waals surface area contributed by atoms with Gasteiger partial charge < -0.3 is 10.2 Å². The number of rotatable bonds is 4. The first kappa shape index (κ1) is 32.2. The van der Waals surface area contributed by atoms with Crippen LogP contribution in [0.3, 0.4) is 0 Å². The van der Waals surface area contributed by atoms with Crippen LogP contribution in [0.2, 0.25) is 0 Å². The topological polar surface area (TPSA) is 150 Å². The van der Waals surface area contributed by atoms with Crippen molar-refractivity contribution in [1.82, 2.24) is 15.5 Å². The Labute approximate surface area is 253 Å². The molecule has 0 bridgehead atoms. The van der Waals surface area contributed by atoms with Gasteiger partial charge in [-0.15, -0.1) is 10.2 Å². The van der Waals surface area contributed by atoms with E-state index in [0.29, 0.717) is 0 Å². The smallest absolute Gasteiger partial charge is 0.294 e. The van der Waals surface area contributed by atoms with Crippen LogP contribution < -0.4 is 10.2 Å². The first-order valence-electron chi connectivity index (χ1n) is 13.7. The van der Waals surface area contributed by atoms with Gasteiger partial charge in [0.1, 0.15) is 0 Å². The summed E-state index contributed by atoms with van der Waals surface area (Å²) in [6.45, 7) is 10.3. The summed E-state index contributed by atoms with van der Waals surface area (Å²) in [4.78, 5) is 2.26. The van der Waals surface area contributed by atoms with Crippen LogP contribution in [0.5, 0.6) is 0 Å². The average Bonchev–Trinajstić information content (AvgIpc) is 3.57. The van der Waals surface area contributed by atoms with E-state index in [1.165, 1.54) is 29.8 Å². The zero-order valence-corrected chi connectivity index (χ0v) is 25.9. The van der Waals surface area contributed by atoms with Crippen LogP contribution in [-0.2, 0) is 20.2 Å². The summed E-state index contributed by atoms with van der Waals surface area (Å²) in [5.41, 5.74) is 5.23. The molecule has 2 unspecified atom stereocenters. The lowest BCUT2D eigenvalue weighted by molar-refractivity contribution is 0.481. The second-order valence-corrected chi connectivity index (χ2v) is 13.6. The van der Waals surface area contributed by atoms with E-state index < -0.39 is 20.2 Å². The zero-order chi connectivity index (χ0) is 31.2. The number of anilines is 1. The van der Waals surface area contributed by atoms with Gasteiger partial charge in [-0.25, -0.2) is 0 Å². The van der Waals surface area contributed by atoms with E-state index in [4.69, 9.17) is 9.11 Å². The van der Waals surface area contributed by atoms with Gasteiger partial charge in [0.05, 0.1) is 15.5 Å². The van der Waals surface area contributed by atoms with Gasteiger partial charge in [-0.2, -0.15) is 16.8 Å². The molecule has 2 aliphatic heterocycles. The van der Waals surface area contributed by atoms with Crippen molar-refractivity contribution in [2.75, 3.05) is 31.1 Å². The fourth-order valence-corrected chi connectivity index (χ4v) is 5.93. The predicted octanol–water partition coefficient (Wildman–Crippen LogP) is 4.59. The molecule has 3 heterocycles. The van der Waals surface area contributed by atoms with Crippen molar-refractivity contribution < 1.29 is 25.9 Å². The second-order valence-electron chi connectivity index (χ2n) is 10.8. The first-order valence-corrected chi connectivity index (χ1v) is 16.6. The number of hydrogen-bond donors (Lipinski definition) is 3. The van der Waals surface area contributed by atoms with Gasteiger partial charge in [0.15, 0.2) is 5.82 Å². The molecule has 0 radical (unpaired) electrons. The van der Waals surface area contributed by atoms with Crippen molar-refractivity contribution in [1.29, 1.82) is 0 Å². The molecule has 0 amide bonds. The minimum atomic E-state index is -4.02. The number of benzene rings is 3. The maximum absolute atomic E-state index is 10.5. The monoisotopic (exact) mass is 624 g/mol. The van der Waals surface area contributed by atoms with Crippen molar-refractivity contribution in [3.8, 4) is 11.3 Å². The highest BCUT2D eigenvalue weighted by atomic mass is 32.2. The summed E-state index contributed by atoms with van der Waals surface area (Å²) in [5.74, 6) is 2.59. The molecule has 6 rings (SSSR count). The number of hydrogen-bond acceptors (Lipinski definition) is 8. The van der Waals surface area contributed by atoms with Crippen LogP contribution in [0.25, 0.3) is 11.3 Å². The fraction of sp³-hybridized carbons (Fsp3) is 0.290. The number of fused-ring (bicyclic) bond motifs is 1. The maximum Gasteiger partial charge on any atom is 0.294 e. The van der Waals surface area contributed by atoms with Crippen molar-refractivity contribution in [3.05, 3.63) is 102 Å². The van der Waals surface area contributed by atoms with Gasteiger partial charge >= 0.3 is 0 Å². The van der Waals surface area contributed by atoms with E-state index in [0.717, 1.165) is 66.2 Å². The van der Waals surface area contributed by atoms with Gasteiger partial charge in [-0.1, -0.05) is 65.7 Å². The fourth-order valence-electron chi connectivity index (χ4n) is 4.97. The lowest BCUT2D eigenvalue weighted by atomic mass is 10.0. The molecule has 4 aromatic rings. The molecule has 10 nitrogen and oxygen atoms in total. The highest BCUT2D eigenvalue weighted by Gasteiger charge is 2.36. The molecule has 2 aliphatic rings. The molecule has 12 heteroatoms. The van der Waals surface area contributed by atoms with Gasteiger partial charge in [0, 0.05) is 31.7 Å². The first-order chi connectivity index (χ1) is 20.3. The van der Waals surface area contributed by atoms with E-state index >= 15 is 0 Å². The van der Waals surface area contributed by atoms with Crippen LogP contribution >= 0.6 is 0 Å². The van der Waals surface area contributed by atoms with E-state index in [-0.39, 0.29) is 9.79 Å². The minimum absolute atomic E-state index is 0.0666. The summed E-state index contributed by atoms with van der Waals surface area (Å²) in [5, 5.41) is 12.4. The summed E-state index contributed by atoms with van der Waals surface area (Å²) in [6, 6.07) is 24.4. The molecule has 3 aromatic carbocycles. The molecular weight excluding hydrogens is 588 g/mol. The summed E-state index contributed by atoms with van der Waals surface area (Å²) in [7, 11) is -8.04. The Hall–Kier alpha value is -3.68. The molecule has 3 N–H and O–H groups in total. The van der Waals surface area contributed by atoms with Crippen molar-refractivity contribution in [2.24, 2.45) is 11.8 Å².